The van der Waals surface area contributed by atoms with E-state index in [-0.39, 0.29) is 0 Å². The molecule has 0 saturated heterocycles. The molecule has 1 aromatic heterocycles. The van der Waals surface area contributed by atoms with Gasteiger partial charge in [-0.25, -0.2) is 4.98 Å². The van der Waals surface area contributed by atoms with Crippen LogP contribution >= 0.6 is 11.6 Å². The number of nitrogens with zero attached hydrogens (tertiary/aromatic N) is 1. The number of hydrogen-bond donors (Lipinski definition) is 1. The van der Waals surface area contributed by atoms with Crippen LogP contribution < -0.4 is 0 Å². The summed E-state index contributed by atoms with van der Waals surface area (Å²) in [4.78, 5) is 14.7. The van der Waals surface area contributed by atoms with E-state index in [2.05, 4.69) is 11.1 Å². The summed E-state index contributed by atoms with van der Waals surface area (Å²) in [6.07, 6.45) is 1.35. The van der Waals surface area contributed by atoms with Crippen LogP contribution in [-0.2, 0) is 4.79 Å². The van der Waals surface area contributed by atoms with Gasteiger partial charge in [0, 0.05) is 10.2 Å². The fourth-order valence-electron chi connectivity index (χ4n) is 2.03. The average molecular weight is 302 g/mol. The molecule has 0 amide bonds. The van der Waals surface area contributed by atoms with Crippen molar-refractivity contribution in [3.63, 3.8) is 0 Å². The Hall–Kier alpha value is -2.33. The van der Waals surface area contributed by atoms with E-state index in [4.69, 9.17) is 21.1 Å². The predicted molar refractivity (Wildman–Crippen MR) is 79.2 cm³/mol. The summed E-state index contributed by atoms with van der Waals surface area (Å²) < 4.78 is 5.08. The first-order valence-electron chi connectivity index (χ1n) is 6.42. The van der Waals surface area contributed by atoms with Gasteiger partial charge in [0.15, 0.2) is 12.0 Å². The molecule has 1 unspecified atom stereocenters. The number of carboxylic acid groups (broad SMARTS) is 1. The minimum absolute atomic E-state index is 0.524. The number of aliphatic carboxylic acids is 1. The highest BCUT2D eigenvalue weighted by atomic mass is 35.5. The predicted octanol–water partition coefficient (Wildman–Crippen LogP) is 3.96. The fourth-order valence-corrected chi connectivity index (χ4v) is 2.32. The summed E-state index contributed by atoms with van der Waals surface area (Å²) in [5.41, 5.74) is 2.09. The van der Waals surface area contributed by atoms with Gasteiger partial charge in [-0.1, -0.05) is 29.8 Å². The number of halogens is 1. The van der Waals surface area contributed by atoms with E-state index >= 15 is 0 Å². The molecule has 0 spiro atoms. The lowest BCUT2D eigenvalue weighted by molar-refractivity contribution is -0.138. The van der Waals surface area contributed by atoms with Gasteiger partial charge in [0.2, 0.25) is 0 Å². The maximum atomic E-state index is 10.7. The zero-order valence-electron chi connectivity index (χ0n) is 11.2. The van der Waals surface area contributed by atoms with E-state index in [0.717, 1.165) is 16.1 Å². The molecule has 1 N–H and O–H groups in total. The van der Waals surface area contributed by atoms with Crippen LogP contribution in [-0.4, -0.2) is 16.1 Å². The Morgan fingerprint density at radius 1 is 1.29 bits per heavy atom. The van der Waals surface area contributed by atoms with Crippen LogP contribution in [0.2, 0.25) is 5.02 Å². The SMILES string of the molecule is CC(C(=O)O)c1ccc2ncoc2c1.Clc1cc2ccc1=2. The molecule has 0 aliphatic heterocycles. The van der Waals surface area contributed by atoms with Crippen molar-refractivity contribution in [2.45, 2.75) is 12.8 Å². The fraction of sp³-hybridized carbons (Fsp3) is 0.125. The number of benzene rings is 2. The van der Waals surface area contributed by atoms with Gasteiger partial charge >= 0.3 is 5.97 Å². The third-order valence-corrected chi connectivity index (χ3v) is 3.82. The smallest absolute Gasteiger partial charge is 0.310 e. The molecule has 5 heteroatoms. The average Bonchev–Trinajstić information content (AvgIpc) is 2.91. The maximum absolute atomic E-state index is 10.7. The number of oxazole rings is 1. The first-order valence-corrected chi connectivity index (χ1v) is 6.80. The van der Waals surface area contributed by atoms with E-state index < -0.39 is 11.9 Å². The van der Waals surface area contributed by atoms with Crippen molar-refractivity contribution in [1.29, 1.82) is 0 Å². The van der Waals surface area contributed by atoms with Crippen LogP contribution in [0, 0.1) is 10.4 Å². The van der Waals surface area contributed by atoms with Crippen molar-refractivity contribution in [1.82, 2.24) is 4.98 Å². The Bertz CT molecular complexity index is 917. The second-order valence-corrected chi connectivity index (χ2v) is 5.24. The topological polar surface area (TPSA) is 63.3 Å². The van der Waals surface area contributed by atoms with Crippen LogP contribution in [0.5, 0.6) is 0 Å². The first kappa shape index (κ1) is 13.6. The second-order valence-electron chi connectivity index (χ2n) is 4.83. The van der Waals surface area contributed by atoms with Crippen LogP contribution in [0.1, 0.15) is 18.4 Å². The Morgan fingerprint density at radius 2 is 2.10 bits per heavy atom. The molecular formula is C16H12ClNO3. The highest BCUT2D eigenvalue weighted by Gasteiger charge is 2.14. The molecule has 0 bridgehead atoms. The molecule has 1 aromatic carbocycles. The van der Waals surface area contributed by atoms with Crippen LogP contribution in [0.4, 0.5) is 0 Å². The standard InChI is InChI=1S/C10H9NO3.C6H3Cl/c1-6(10(12)13)7-2-3-8-9(4-7)14-5-11-8;7-6-3-4-1-2-5(4)6/h2-6H,1H3,(H,12,13);1-3H. The van der Waals surface area contributed by atoms with Gasteiger partial charge in [0.25, 0.3) is 0 Å². The third kappa shape index (κ3) is 2.50. The second kappa shape index (κ2) is 5.22. The number of hydrogen-bond acceptors (Lipinski definition) is 3. The zero-order valence-corrected chi connectivity index (χ0v) is 12.0. The Kier molecular flexibility index (Phi) is 3.39. The van der Waals surface area contributed by atoms with Crippen molar-refractivity contribution in [3.05, 3.63) is 63.8 Å². The van der Waals surface area contributed by atoms with E-state index in [1.54, 1.807) is 25.1 Å². The normalized spacial score (nSPS) is 12.5. The summed E-state index contributed by atoms with van der Waals surface area (Å²) in [6, 6.07) is 11.3. The highest BCUT2D eigenvalue weighted by molar-refractivity contribution is 6.31. The number of carbonyl (C=O) groups is 1. The third-order valence-electron chi connectivity index (χ3n) is 3.51. The number of aromatic nitrogens is 1. The van der Waals surface area contributed by atoms with Gasteiger partial charge in [-0.05, 0) is 35.9 Å². The van der Waals surface area contributed by atoms with Gasteiger partial charge in [-0.3, -0.25) is 4.79 Å². The molecule has 2 aliphatic rings. The molecule has 21 heavy (non-hydrogen) atoms. The summed E-state index contributed by atoms with van der Waals surface area (Å²) in [6.45, 7) is 1.64. The Labute approximate surface area is 125 Å². The van der Waals surface area contributed by atoms with E-state index in [9.17, 15) is 4.79 Å². The molecular weight excluding hydrogens is 290 g/mol. The molecule has 2 aliphatic carbocycles. The van der Waals surface area contributed by atoms with Gasteiger partial charge in [-0.15, -0.1) is 0 Å². The van der Waals surface area contributed by atoms with E-state index in [0.29, 0.717) is 5.58 Å². The highest BCUT2D eigenvalue weighted by Crippen LogP contribution is 2.21. The molecule has 2 aromatic rings. The van der Waals surface area contributed by atoms with E-state index in [1.165, 1.54) is 16.8 Å². The lowest BCUT2D eigenvalue weighted by Gasteiger charge is -2.04. The molecule has 1 atom stereocenters. The lowest BCUT2D eigenvalue weighted by Crippen LogP contribution is -2.06. The van der Waals surface area contributed by atoms with Crippen molar-refractivity contribution in [2.75, 3.05) is 0 Å². The molecule has 4 rings (SSSR count). The van der Waals surface area contributed by atoms with Gasteiger partial charge < -0.3 is 9.52 Å². The molecule has 106 valence electrons. The number of fused-ring (bicyclic) bond motifs is 1. The molecule has 0 fully saturated rings. The first-order chi connectivity index (χ1) is 10.1. The van der Waals surface area contributed by atoms with Crippen molar-refractivity contribution >= 4 is 28.7 Å². The van der Waals surface area contributed by atoms with Crippen LogP contribution in [0.3, 0.4) is 0 Å². The summed E-state index contributed by atoms with van der Waals surface area (Å²) >= 11 is 5.60. The minimum atomic E-state index is -0.844. The molecule has 1 heterocycles. The van der Waals surface area contributed by atoms with Crippen LogP contribution in [0.25, 0.3) is 11.1 Å². The quantitative estimate of drug-likeness (QED) is 0.609. The monoisotopic (exact) mass is 301 g/mol. The largest absolute Gasteiger partial charge is 0.481 e. The van der Waals surface area contributed by atoms with Crippen molar-refractivity contribution in [2.24, 2.45) is 0 Å². The summed E-state index contributed by atoms with van der Waals surface area (Å²) in [5.74, 6) is -1.37. The Morgan fingerprint density at radius 3 is 2.57 bits per heavy atom. The number of rotatable bonds is 2. The van der Waals surface area contributed by atoms with Crippen molar-refractivity contribution in [3.8, 4) is 0 Å². The van der Waals surface area contributed by atoms with Gasteiger partial charge in [0.1, 0.15) is 5.52 Å². The van der Waals surface area contributed by atoms with E-state index in [1.807, 2.05) is 12.1 Å². The van der Waals surface area contributed by atoms with Crippen molar-refractivity contribution < 1.29 is 14.3 Å². The molecule has 4 nitrogen and oxygen atoms in total. The van der Waals surface area contributed by atoms with Crippen LogP contribution in [0.15, 0.2) is 47.2 Å². The summed E-state index contributed by atoms with van der Waals surface area (Å²) in [7, 11) is 0. The Balaban J connectivity index is 0.000000156. The van der Waals surface area contributed by atoms with Gasteiger partial charge in [0.05, 0.1) is 5.92 Å². The van der Waals surface area contributed by atoms with Gasteiger partial charge in [-0.2, -0.15) is 0 Å². The lowest BCUT2D eigenvalue weighted by atomic mass is 10.0. The zero-order chi connectivity index (χ0) is 15.0. The maximum Gasteiger partial charge on any atom is 0.310 e. The minimum Gasteiger partial charge on any atom is -0.481 e. The molecule has 0 saturated carbocycles. The summed E-state index contributed by atoms with van der Waals surface area (Å²) in [5, 5.41) is 12.3. The molecule has 0 radical (unpaired) electrons. The number of carboxylic acids is 1.